The average Bonchev–Trinajstić information content (AvgIpc) is 2.89. The van der Waals surface area contributed by atoms with E-state index < -0.39 is 0 Å². The molecule has 0 spiro atoms. The summed E-state index contributed by atoms with van der Waals surface area (Å²) in [5.74, 6) is 0.715. The Morgan fingerprint density at radius 1 is 1.57 bits per heavy atom. The second kappa shape index (κ2) is 7.19. The Balaban J connectivity index is 2.19. The molecular formula is C14H16ClN5S. The van der Waals surface area contributed by atoms with Gasteiger partial charge in [-0.05, 0) is 19.1 Å². The van der Waals surface area contributed by atoms with Crippen molar-refractivity contribution in [3.05, 3.63) is 52.4 Å². The van der Waals surface area contributed by atoms with Gasteiger partial charge in [-0.2, -0.15) is 4.98 Å². The van der Waals surface area contributed by atoms with E-state index in [9.17, 15) is 0 Å². The van der Waals surface area contributed by atoms with Crippen LogP contribution in [0, 0.1) is 0 Å². The summed E-state index contributed by atoms with van der Waals surface area (Å²) in [6.07, 6.45) is 3.82. The van der Waals surface area contributed by atoms with E-state index in [1.54, 1.807) is 11.8 Å². The third-order valence-corrected chi connectivity index (χ3v) is 4.31. The minimum atomic E-state index is 0.272. The van der Waals surface area contributed by atoms with Gasteiger partial charge in [0.2, 0.25) is 11.9 Å². The Kier molecular flexibility index (Phi) is 5.30. The van der Waals surface area contributed by atoms with Gasteiger partial charge in [0, 0.05) is 26.9 Å². The molecule has 0 fully saturated rings. The fourth-order valence-corrected chi connectivity index (χ4v) is 2.88. The highest BCUT2D eigenvalue weighted by atomic mass is 35.5. The first kappa shape index (κ1) is 15.5. The summed E-state index contributed by atoms with van der Waals surface area (Å²) in [7, 11) is 0. The molecule has 0 unspecified atom stereocenters. The molecule has 5 nitrogen and oxygen atoms in total. The number of hydrogen-bond donors (Lipinski definition) is 3. The molecule has 2 aromatic rings. The van der Waals surface area contributed by atoms with E-state index >= 15 is 0 Å². The van der Waals surface area contributed by atoms with Gasteiger partial charge in [-0.25, -0.2) is 5.10 Å². The third-order valence-electron chi connectivity index (χ3n) is 2.72. The zero-order chi connectivity index (χ0) is 15.2. The molecule has 0 saturated heterocycles. The summed E-state index contributed by atoms with van der Waals surface area (Å²) in [6.45, 7) is 6.28. The topological polar surface area (TPSA) is 79.6 Å². The van der Waals surface area contributed by atoms with Crippen molar-refractivity contribution in [1.29, 1.82) is 0 Å². The van der Waals surface area contributed by atoms with Gasteiger partial charge in [0.25, 0.3) is 0 Å². The Bertz CT molecular complexity index is 665. The second-order valence-electron chi connectivity index (χ2n) is 4.11. The van der Waals surface area contributed by atoms with Crippen LogP contribution in [0.2, 0.25) is 5.02 Å². The number of rotatable bonds is 6. The third kappa shape index (κ3) is 4.03. The fourth-order valence-electron chi connectivity index (χ4n) is 1.67. The number of allylic oxidation sites excluding steroid dienone is 2. The number of H-pyrrole nitrogens is 1. The van der Waals surface area contributed by atoms with Crippen molar-refractivity contribution in [3.63, 3.8) is 0 Å². The predicted octanol–water partition coefficient (Wildman–Crippen LogP) is 3.83. The smallest absolute Gasteiger partial charge is 0.243 e. The molecule has 0 bridgehead atoms. The van der Waals surface area contributed by atoms with Gasteiger partial charge in [0.15, 0.2) is 0 Å². The van der Waals surface area contributed by atoms with Crippen molar-refractivity contribution in [2.45, 2.75) is 18.4 Å². The van der Waals surface area contributed by atoms with E-state index in [0.29, 0.717) is 17.5 Å². The molecule has 0 radical (unpaired) electrons. The van der Waals surface area contributed by atoms with Crippen LogP contribution in [-0.4, -0.2) is 15.2 Å². The van der Waals surface area contributed by atoms with E-state index in [1.165, 1.54) is 0 Å². The van der Waals surface area contributed by atoms with Crippen molar-refractivity contribution >= 4 is 35.3 Å². The van der Waals surface area contributed by atoms with E-state index in [4.69, 9.17) is 17.3 Å². The summed E-state index contributed by atoms with van der Waals surface area (Å²) in [6, 6.07) is 5.81. The zero-order valence-corrected chi connectivity index (χ0v) is 13.1. The Labute approximate surface area is 132 Å². The summed E-state index contributed by atoms with van der Waals surface area (Å²) >= 11 is 7.91. The molecule has 0 atom stereocenters. The van der Waals surface area contributed by atoms with E-state index in [-0.39, 0.29) is 5.95 Å². The highest BCUT2D eigenvalue weighted by molar-refractivity contribution is 8.03. The Morgan fingerprint density at radius 3 is 3.00 bits per heavy atom. The Morgan fingerprint density at radius 2 is 2.38 bits per heavy atom. The molecule has 110 valence electrons. The number of benzene rings is 1. The number of nitrogens with zero attached hydrogens (tertiary/aromatic N) is 2. The van der Waals surface area contributed by atoms with Crippen LogP contribution in [-0.2, 0) is 6.54 Å². The zero-order valence-electron chi connectivity index (χ0n) is 11.6. The number of nitrogen functional groups attached to an aromatic ring is 1. The molecule has 0 aliphatic rings. The minimum absolute atomic E-state index is 0.272. The van der Waals surface area contributed by atoms with Gasteiger partial charge in [-0.3, -0.25) is 0 Å². The molecule has 0 amide bonds. The van der Waals surface area contributed by atoms with Crippen molar-refractivity contribution in [1.82, 2.24) is 15.2 Å². The van der Waals surface area contributed by atoms with Crippen LogP contribution in [0.4, 0.5) is 11.9 Å². The molecule has 1 aromatic carbocycles. The maximum Gasteiger partial charge on any atom is 0.243 e. The highest BCUT2D eigenvalue weighted by Gasteiger charge is 2.10. The lowest BCUT2D eigenvalue weighted by molar-refractivity contribution is 1.03. The molecule has 7 heteroatoms. The number of thioether (sulfide) groups is 1. The standard InChI is InChI=1S/C14H16ClN5S/c1-3-9(4-2)21-12-7-5-6-11(15)10(12)8-17-14-18-13(16)19-20-14/h3-7H,1,8H2,2H3,(H4,16,17,18,19,20)/b9-4+. The molecule has 0 aliphatic carbocycles. The Hall–Kier alpha value is -1.92. The number of halogens is 1. The normalized spacial score (nSPS) is 11.4. The lowest BCUT2D eigenvalue weighted by Gasteiger charge is -2.11. The number of anilines is 2. The lowest BCUT2D eigenvalue weighted by Crippen LogP contribution is -2.03. The van der Waals surface area contributed by atoms with Crippen LogP contribution in [0.15, 0.2) is 46.7 Å². The maximum absolute atomic E-state index is 6.30. The number of hydrogen-bond acceptors (Lipinski definition) is 5. The van der Waals surface area contributed by atoms with Crippen molar-refractivity contribution < 1.29 is 0 Å². The average molecular weight is 322 g/mol. The predicted molar refractivity (Wildman–Crippen MR) is 89.4 cm³/mol. The van der Waals surface area contributed by atoms with Gasteiger partial charge in [0.05, 0.1) is 0 Å². The number of aromatic amines is 1. The highest BCUT2D eigenvalue weighted by Crippen LogP contribution is 2.34. The number of nitrogens with one attached hydrogen (secondary N) is 2. The van der Waals surface area contributed by atoms with Crippen molar-refractivity contribution in [2.24, 2.45) is 0 Å². The van der Waals surface area contributed by atoms with Crippen LogP contribution in [0.5, 0.6) is 0 Å². The first-order chi connectivity index (χ1) is 10.1. The molecule has 0 saturated carbocycles. The van der Waals surface area contributed by atoms with E-state index in [1.807, 2.05) is 37.3 Å². The first-order valence-electron chi connectivity index (χ1n) is 6.29. The molecule has 0 aliphatic heterocycles. The summed E-state index contributed by atoms with van der Waals surface area (Å²) < 4.78 is 0. The van der Waals surface area contributed by atoms with Gasteiger partial charge in [0.1, 0.15) is 0 Å². The van der Waals surface area contributed by atoms with Crippen LogP contribution in [0.1, 0.15) is 12.5 Å². The van der Waals surface area contributed by atoms with E-state index in [0.717, 1.165) is 15.4 Å². The summed E-state index contributed by atoms with van der Waals surface area (Å²) in [5, 5.41) is 10.3. The molecule has 4 N–H and O–H groups in total. The molecule has 21 heavy (non-hydrogen) atoms. The van der Waals surface area contributed by atoms with Gasteiger partial charge in [-0.15, -0.1) is 5.10 Å². The molecule has 1 heterocycles. The fraction of sp³-hybridized carbons (Fsp3) is 0.143. The quantitative estimate of drug-likeness (QED) is 0.556. The second-order valence-corrected chi connectivity index (χ2v) is 5.63. The monoisotopic (exact) mass is 321 g/mol. The number of aromatic nitrogens is 3. The molecule has 1 aromatic heterocycles. The van der Waals surface area contributed by atoms with Crippen molar-refractivity contribution in [2.75, 3.05) is 11.1 Å². The van der Waals surface area contributed by atoms with Crippen LogP contribution in [0.25, 0.3) is 0 Å². The lowest BCUT2D eigenvalue weighted by atomic mass is 10.2. The van der Waals surface area contributed by atoms with E-state index in [2.05, 4.69) is 27.1 Å². The minimum Gasteiger partial charge on any atom is -0.368 e. The number of nitrogens with two attached hydrogens (primary N) is 1. The van der Waals surface area contributed by atoms with Crippen LogP contribution in [0.3, 0.4) is 0 Å². The molecular weight excluding hydrogens is 306 g/mol. The molecule has 2 rings (SSSR count). The van der Waals surface area contributed by atoms with Crippen LogP contribution >= 0.6 is 23.4 Å². The van der Waals surface area contributed by atoms with Crippen LogP contribution < -0.4 is 11.1 Å². The largest absolute Gasteiger partial charge is 0.368 e. The summed E-state index contributed by atoms with van der Waals surface area (Å²) in [4.78, 5) is 6.13. The first-order valence-corrected chi connectivity index (χ1v) is 7.49. The van der Waals surface area contributed by atoms with Crippen molar-refractivity contribution in [3.8, 4) is 0 Å². The van der Waals surface area contributed by atoms with Gasteiger partial charge >= 0.3 is 0 Å². The maximum atomic E-state index is 6.30. The summed E-state index contributed by atoms with van der Waals surface area (Å²) in [5.41, 5.74) is 6.47. The van der Waals surface area contributed by atoms with Gasteiger partial charge < -0.3 is 11.1 Å². The van der Waals surface area contributed by atoms with Gasteiger partial charge in [-0.1, -0.05) is 48.2 Å². The SMILES string of the molecule is C=C/C(=C\C)Sc1cccc(Cl)c1CNc1n[nH]c(N)n1.